The largest absolute Gasteiger partial charge is 0.398 e. The zero-order chi connectivity index (χ0) is 13.9. The quantitative estimate of drug-likeness (QED) is 0.635. The third-order valence-corrected chi connectivity index (χ3v) is 3.19. The summed E-state index contributed by atoms with van der Waals surface area (Å²) < 4.78 is 6.83. The fraction of sp³-hybridized carbons (Fsp3) is 0.214. The fourth-order valence-electron chi connectivity index (χ4n) is 2.19. The van der Waals surface area contributed by atoms with Crippen LogP contribution < -0.4 is 0 Å². The molecule has 0 N–H and O–H groups in total. The van der Waals surface area contributed by atoms with E-state index in [4.69, 9.17) is 4.74 Å². The lowest BCUT2D eigenvalue weighted by Gasteiger charge is -2.10. The highest BCUT2D eigenvalue weighted by atomic mass is 16.6. The Morgan fingerprint density at radius 1 is 1.30 bits per heavy atom. The van der Waals surface area contributed by atoms with E-state index in [1.165, 1.54) is 0 Å². The molecule has 2 aromatic rings. The first kappa shape index (κ1) is 12.6. The first-order valence-electron chi connectivity index (χ1n) is 6.32. The van der Waals surface area contributed by atoms with Crippen molar-refractivity contribution in [3.63, 3.8) is 0 Å². The van der Waals surface area contributed by atoms with E-state index in [9.17, 15) is 10.1 Å². The first-order valence-corrected chi connectivity index (χ1v) is 6.32. The van der Waals surface area contributed by atoms with Gasteiger partial charge in [0, 0.05) is 6.42 Å². The van der Waals surface area contributed by atoms with Gasteiger partial charge in [0.05, 0.1) is 30.2 Å². The van der Waals surface area contributed by atoms with Crippen LogP contribution in [0, 0.1) is 10.1 Å². The van der Waals surface area contributed by atoms with E-state index in [2.05, 4.69) is 5.10 Å². The number of hydrogen-bond donors (Lipinski definition) is 0. The second kappa shape index (κ2) is 5.26. The maximum absolute atomic E-state index is 11.2. The molecule has 20 heavy (non-hydrogen) atoms. The maximum Gasteiger partial charge on any atom is 0.398 e. The molecule has 1 aliphatic rings. The van der Waals surface area contributed by atoms with Gasteiger partial charge in [-0.05, 0) is 16.6 Å². The smallest absolute Gasteiger partial charge is 0.377 e. The second-order valence-corrected chi connectivity index (χ2v) is 4.45. The molecule has 2 heterocycles. The summed E-state index contributed by atoms with van der Waals surface area (Å²) in [5, 5.41) is 15.3. The zero-order valence-corrected chi connectivity index (χ0v) is 10.7. The van der Waals surface area contributed by atoms with Gasteiger partial charge in [0.25, 0.3) is 0 Å². The Morgan fingerprint density at radius 3 is 2.75 bits per heavy atom. The standard InChI is InChI=1S/C14H13N3O3/c18-17(19)14-13(11-4-2-1-3-5-11)10-16(15-14)12-6-8-20-9-7-12/h1-6,10H,7-9H2. The summed E-state index contributed by atoms with van der Waals surface area (Å²) in [6.45, 7) is 1.13. The van der Waals surface area contributed by atoms with E-state index in [0.717, 1.165) is 11.3 Å². The summed E-state index contributed by atoms with van der Waals surface area (Å²) in [6.07, 6.45) is 4.31. The van der Waals surface area contributed by atoms with Crippen molar-refractivity contribution >= 4 is 11.5 Å². The van der Waals surface area contributed by atoms with Crippen molar-refractivity contribution in [1.82, 2.24) is 9.78 Å². The van der Waals surface area contributed by atoms with Crippen LogP contribution >= 0.6 is 0 Å². The first-order chi connectivity index (χ1) is 9.75. The summed E-state index contributed by atoms with van der Waals surface area (Å²) >= 11 is 0. The van der Waals surface area contributed by atoms with Gasteiger partial charge in [-0.15, -0.1) is 0 Å². The van der Waals surface area contributed by atoms with Gasteiger partial charge in [-0.25, -0.2) is 0 Å². The molecule has 0 aliphatic carbocycles. The van der Waals surface area contributed by atoms with Gasteiger partial charge in [-0.3, -0.25) is 0 Å². The number of nitro groups is 1. The van der Waals surface area contributed by atoms with Crippen LogP contribution in [0.4, 0.5) is 5.82 Å². The fourth-order valence-corrected chi connectivity index (χ4v) is 2.19. The molecule has 0 spiro atoms. The van der Waals surface area contributed by atoms with Crippen molar-refractivity contribution in [2.45, 2.75) is 6.42 Å². The molecule has 0 fully saturated rings. The molecule has 0 radical (unpaired) electrons. The van der Waals surface area contributed by atoms with E-state index in [1.54, 1.807) is 10.9 Å². The van der Waals surface area contributed by atoms with Gasteiger partial charge < -0.3 is 14.9 Å². The Kier molecular flexibility index (Phi) is 3.30. The van der Waals surface area contributed by atoms with Crippen LogP contribution in [0.1, 0.15) is 6.42 Å². The normalized spacial score (nSPS) is 14.9. The van der Waals surface area contributed by atoms with Gasteiger partial charge in [0.15, 0.2) is 0 Å². The van der Waals surface area contributed by atoms with Crippen LogP contribution in [0.2, 0.25) is 0 Å². The molecule has 1 aromatic heterocycles. The van der Waals surface area contributed by atoms with Gasteiger partial charge >= 0.3 is 5.82 Å². The molecule has 0 unspecified atom stereocenters. The van der Waals surface area contributed by atoms with Crippen molar-refractivity contribution in [2.75, 3.05) is 13.2 Å². The molecule has 3 rings (SSSR count). The monoisotopic (exact) mass is 271 g/mol. The number of rotatable bonds is 3. The summed E-state index contributed by atoms with van der Waals surface area (Å²) in [5.74, 6) is -0.122. The lowest BCUT2D eigenvalue weighted by molar-refractivity contribution is -0.389. The number of benzene rings is 1. The maximum atomic E-state index is 11.2. The summed E-state index contributed by atoms with van der Waals surface area (Å²) in [7, 11) is 0. The van der Waals surface area contributed by atoms with Gasteiger partial charge in [-0.1, -0.05) is 30.3 Å². The topological polar surface area (TPSA) is 70.2 Å². The minimum absolute atomic E-state index is 0.122. The molecular weight excluding hydrogens is 258 g/mol. The summed E-state index contributed by atoms with van der Waals surface area (Å²) in [4.78, 5) is 10.7. The molecule has 0 atom stereocenters. The number of ether oxygens (including phenoxy) is 1. The van der Waals surface area contributed by atoms with E-state index in [1.807, 2.05) is 36.4 Å². The second-order valence-electron chi connectivity index (χ2n) is 4.45. The minimum atomic E-state index is -0.446. The molecule has 6 heteroatoms. The summed E-state index contributed by atoms with van der Waals surface area (Å²) in [5.41, 5.74) is 2.25. The van der Waals surface area contributed by atoms with Crippen LogP contribution in [0.3, 0.4) is 0 Å². The zero-order valence-electron chi connectivity index (χ0n) is 10.7. The lowest BCUT2D eigenvalue weighted by atomic mass is 10.1. The Morgan fingerprint density at radius 2 is 2.10 bits per heavy atom. The number of nitrogens with zero attached hydrogens (tertiary/aromatic N) is 3. The molecule has 102 valence electrons. The van der Waals surface area contributed by atoms with E-state index in [0.29, 0.717) is 25.2 Å². The lowest BCUT2D eigenvalue weighted by Crippen LogP contribution is -2.09. The molecule has 0 bridgehead atoms. The average Bonchev–Trinajstić information content (AvgIpc) is 2.94. The Hall–Kier alpha value is -2.47. The molecule has 0 saturated carbocycles. The Bertz CT molecular complexity index is 662. The SMILES string of the molecule is O=[N+]([O-])c1nn(C2=CCOCC2)cc1-c1ccccc1. The Labute approximate surface area is 115 Å². The molecule has 0 saturated heterocycles. The number of hydrogen-bond acceptors (Lipinski definition) is 4. The number of aromatic nitrogens is 2. The van der Waals surface area contributed by atoms with Crippen molar-refractivity contribution in [3.8, 4) is 11.1 Å². The third kappa shape index (κ3) is 2.33. The van der Waals surface area contributed by atoms with Crippen LogP contribution in [-0.4, -0.2) is 27.9 Å². The average molecular weight is 271 g/mol. The van der Waals surface area contributed by atoms with Crippen molar-refractivity contribution in [2.24, 2.45) is 0 Å². The molecule has 1 aliphatic heterocycles. The summed E-state index contributed by atoms with van der Waals surface area (Å²) in [6, 6.07) is 9.26. The van der Waals surface area contributed by atoms with E-state index < -0.39 is 4.92 Å². The van der Waals surface area contributed by atoms with Crippen LogP contribution in [-0.2, 0) is 4.74 Å². The molecule has 0 amide bonds. The van der Waals surface area contributed by atoms with Crippen LogP contribution in [0.15, 0.2) is 42.6 Å². The predicted octanol–water partition coefficient (Wildman–Crippen LogP) is 2.72. The third-order valence-electron chi connectivity index (χ3n) is 3.19. The predicted molar refractivity (Wildman–Crippen MR) is 74.0 cm³/mol. The van der Waals surface area contributed by atoms with E-state index in [-0.39, 0.29) is 5.82 Å². The van der Waals surface area contributed by atoms with Gasteiger partial charge in [-0.2, -0.15) is 4.68 Å². The van der Waals surface area contributed by atoms with E-state index >= 15 is 0 Å². The molecule has 1 aromatic carbocycles. The van der Waals surface area contributed by atoms with Gasteiger partial charge in [0.1, 0.15) is 5.56 Å². The van der Waals surface area contributed by atoms with Gasteiger partial charge in [0.2, 0.25) is 0 Å². The van der Waals surface area contributed by atoms with Crippen LogP contribution in [0.25, 0.3) is 16.8 Å². The Balaban J connectivity index is 2.07. The molecule has 6 nitrogen and oxygen atoms in total. The highest BCUT2D eigenvalue weighted by Crippen LogP contribution is 2.30. The highest BCUT2D eigenvalue weighted by molar-refractivity contribution is 5.71. The minimum Gasteiger partial charge on any atom is -0.377 e. The highest BCUT2D eigenvalue weighted by Gasteiger charge is 2.23. The van der Waals surface area contributed by atoms with Crippen LogP contribution in [0.5, 0.6) is 0 Å². The van der Waals surface area contributed by atoms with Crippen molar-refractivity contribution in [1.29, 1.82) is 0 Å². The van der Waals surface area contributed by atoms with Crippen molar-refractivity contribution in [3.05, 3.63) is 52.7 Å². The molecular formula is C14H13N3O3. The van der Waals surface area contributed by atoms with Crippen molar-refractivity contribution < 1.29 is 9.66 Å².